The van der Waals surface area contributed by atoms with Crippen LogP contribution in [0.5, 0.6) is 0 Å². The predicted octanol–water partition coefficient (Wildman–Crippen LogP) is 3.54. The van der Waals surface area contributed by atoms with Crippen molar-refractivity contribution >= 4 is 17.5 Å². The predicted molar refractivity (Wildman–Crippen MR) is 81.8 cm³/mol. The van der Waals surface area contributed by atoms with Gasteiger partial charge in [0.05, 0.1) is 23.5 Å². The molecular formula is C16H15F3N2O. The summed E-state index contributed by atoms with van der Waals surface area (Å²) in [5.74, 6) is 0. The minimum atomic E-state index is -4.46. The zero-order valence-electron chi connectivity index (χ0n) is 11.6. The molecule has 5 N–H and O–H groups in total. The van der Waals surface area contributed by atoms with Crippen molar-refractivity contribution in [1.82, 2.24) is 0 Å². The Labute approximate surface area is 125 Å². The van der Waals surface area contributed by atoms with E-state index in [1.165, 1.54) is 42.5 Å². The van der Waals surface area contributed by atoms with Gasteiger partial charge in [-0.3, -0.25) is 0 Å². The Morgan fingerprint density at radius 1 is 1.09 bits per heavy atom. The molecule has 0 saturated carbocycles. The summed E-state index contributed by atoms with van der Waals surface area (Å²) in [6.07, 6.45) is -1.51. The average molecular weight is 308 g/mol. The zero-order chi connectivity index (χ0) is 16.3. The van der Waals surface area contributed by atoms with E-state index in [0.717, 1.165) is 6.07 Å². The first-order valence-electron chi connectivity index (χ1n) is 6.47. The number of benzene rings is 2. The van der Waals surface area contributed by atoms with Gasteiger partial charge in [0.25, 0.3) is 0 Å². The van der Waals surface area contributed by atoms with E-state index in [1.54, 1.807) is 0 Å². The molecule has 0 unspecified atom stereocenters. The molecule has 22 heavy (non-hydrogen) atoms. The van der Waals surface area contributed by atoms with E-state index in [0.29, 0.717) is 11.1 Å². The molecule has 0 radical (unpaired) electrons. The number of alkyl halides is 3. The molecule has 0 aliphatic heterocycles. The number of aliphatic hydroxyl groups excluding tert-OH is 1. The highest BCUT2D eigenvalue weighted by Gasteiger charge is 2.33. The molecule has 0 aliphatic rings. The van der Waals surface area contributed by atoms with Gasteiger partial charge in [0.15, 0.2) is 0 Å². The molecule has 2 aromatic rings. The van der Waals surface area contributed by atoms with Crippen LogP contribution in [-0.2, 0) is 6.18 Å². The molecule has 2 aromatic carbocycles. The molecule has 0 saturated heterocycles. The van der Waals surface area contributed by atoms with Crippen LogP contribution in [0.1, 0.15) is 11.1 Å². The van der Waals surface area contributed by atoms with Crippen molar-refractivity contribution in [3.8, 4) is 11.1 Å². The number of anilines is 2. The monoisotopic (exact) mass is 308 g/mol. The topological polar surface area (TPSA) is 72.3 Å². The fourth-order valence-corrected chi connectivity index (χ4v) is 2.15. The van der Waals surface area contributed by atoms with Crippen molar-refractivity contribution in [2.24, 2.45) is 0 Å². The van der Waals surface area contributed by atoms with Crippen LogP contribution in [0.15, 0.2) is 42.5 Å². The molecule has 0 bridgehead atoms. The van der Waals surface area contributed by atoms with E-state index in [4.69, 9.17) is 16.6 Å². The van der Waals surface area contributed by atoms with Gasteiger partial charge in [-0.05, 0) is 34.9 Å². The number of nitrogens with two attached hydrogens (primary N) is 2. The SMILES string of the molecule is Nc1cc(-c2ccccc2C(F)(F)F)cc(C=CCO)c1N. The lowest BCUT2D eigenvalue weighted by molar-refractivity contribution is -0.137. The third-order valence-electron chi connectivity index (χ3n) is 3.19. The Bertz CT molecular complexity index is 709. The van der Waals surface area contributed by atoms with Gasteiger partial charge >= 0.3 is 6.18 Å². The fourth-order valence-electron chi connectivity index (χ4n) is 2.15. The Morgan fingerprint density at radius 2 is 1.77 bits per heavy atom. The van der Waals surface area contributed by atoms with Gasteiger partial charge in [-0.25, -0.2) is 0 Å². The third kappa shape index (κ3) is 3.23. The summed E-state index contributed by atoms with van der Waals surface area (Å²) < 4.78 is 39.3. The minimum Gasteiger partial charge on any atom is -0.397 e. The molecule has 6 heteroatoms. The van der Waals surface area contributed by atoms with Gasteiger partial charge in [-0.15, -0.1) is 0 Å². The van der Waals surface area contributed by atoms with Crippen LogP contribution in [0.25, 0.3) is 17.2 Å². The zero-order valence-corrected chi connectivity index (χ0v) is 11.6. The Hall–Kier alpha value is -2.47. The van der Waals surface area contributed by atoms with Crippen molar-refractivity contribution in [3.05, 3.63) is 53.6 Å². The van der Waals surface area contributed by atoms with Crippen LogP contribution >= 0.6 is 0 Å². The van der Waals surface area contributed by atoms with Crippen molar-refractivity contribution in [1.29, 1.82) is 0 Å². The van der Waals surface area contributed by atoms with E-state index >= 15 is 0 Å². The van der Waals surface area contributed by atoms with Gasteiger partial charge < -0.3 is 16.6 Å². The molecule has 0 amide bonds. The Balaban J connectivity index is 2.64. The van der Waals surface area contributed by atoms with Gasteiger partial charge in [-0.2, -0.15) is 13.2 Å². The lowest BCUT2D eigenvalue weighted by atomic mass is 9.96. The second-order valence-corrected chi connectivity index (χ2v) is 4.70. The molecule has 0 spiro atoms. The van der Waals surface area contributed by atoms with Gasteiger partial charge in [-0.1, -0.05) is 30.4 Å². The molecule has 0 aliphatic carbocycles. The summed E-state index contributed by atoms with van der Waals surface area (Å²) in [5.41, 5.74) is 12.1. The van der Waals surface area contributed by atoms with Crippen molar-refractivity contribution in [2.45, 2.75) is 6.18 Å². The van der Waals surface area contributed by atoms with Crippen molar-refractivity contribution < 1.29 is 18.3 Å². The number of rotatable bonds is 3. The smallest absolute Gasteiger partial charge is 0.397 e. The molecule has 0 fully saturated rings. The van der Waals surface area contributed by atoms with E-state index in [1.807, 2.05) is 0 Å². The van der Waals surface area contributed by atoms with Crippen LogP contribution in [-0.4, -0.2) is 11.7 Å². The van der Waals surface area contributed by atoms with Crippen molar-refractivity contribution in [3.63, 3.8) is 0 Å². The molecule has 116 valence electrons. The molecule has 0 heterocycles. The van der Waals surface area contributed by atoms with Crippen LogP contribution in [0.3, 0.4) is 0 Å². The summed E-state index contributed by atoms with van der Waals surface area (Å²) in [4.78, 5) is 0. The highest BCUT2D eigenvalue weighted by Crippen LogP contribution is 2.39. The normalized spacial score (nSPS) is 12.0. The fraction of sp³-hybridized carbons (Fsp3) is 0.125. The van der Waals surface area contributed by atoms with E-state index in [-0.39, 0.29) is 23.5 Å². The first kappa shape index (κ1) is 15.9. The van der Waals surface area contributed by atoms with Gasteiger partial charge in [0.2, 0.25) is 0 Å². The van der Waals surface area contributed by atoms with Crippen LogP contribution < -0.4 is 11.5 Å². The van der Waals surface area contributed by atoms with Gasteiger partial charge in [0, 0.05) is 0 Å². The molecule has 0 atom stereocenters. The van der Waals surface area contributed by atoms with Crippen LogP contribution in [0.4, 0.5) is 24.5 Å². The second-order valence-electron chi connectivity index (χ2n) is 4.70. The molecule has 0 aromatic heterocycles. The second kappa shape index (κ2) is 6.11. The highest BCUT2D eigenvalue weighted by atomic mass is 19.4. The first-order chi connectivity index (χ1) is 10.3. The Morgan fingerprint density at radius 3 is 2.41 bits per heavy atom. The lowest BCUT2D eigenvalue weighted by Gasteiger charge is -2.15. The molecule has 2 rings (SSSR count). The summed E-state index contributed by atoms with van der Waals surface area (Å²) in [7, 11) is 0. The number of aliphatic hydroxyl groups is 1. The summed E-state index contributed by atoms with van der Waals surface area (Å²) in [6, 6.07) is 8.19. The maximum atomic E-state index is 13.1. The maximum absolute atomic E-state index is 13.1. The minimum absolute atomic E-state index is 0.0281. The van der Waals surface area contributed by atoms with Crippen LogP contribution in [0, 0.1) is 0 Å². The van der Waals surface area contributed by atoms with Crippen molar-refractivity contribution in [2.75, 3.05) is 18.1 Å². The Kier molecular flexibility index (Phi) is 4.42. The van der Waals surface area contributed by atoms with Gasteiger partial charge in [0.1, 0.15) is 0 Å². The third-order valence-corrected chi connectivity index (χ3v) is 3.19. The lowest BCUT2D eigenvalue weighted by Crippen LogP contribution is -2.07. The number of hydrogen-bond donors (Lipinski definition) is 3. The number of halogens is 3. The van der Waals surface area contributed by atoms with E-state index in [9.17, 15) is 13.2 Å². The molecular weight excluding hydrogens is 293 g/mol. The average Bonchev–Trinajstić information content (AvgIpc) is 2.47. The number of nitrogen functional groups attached to an aromatic ring is 2. The highest BCUT2D eigenvalue weighted by molar-refractivity contribution is 5.83. The van der Waals surface area contributed by atoms with E-state index in [2.05, 4.69) is 0 Å². The standard InChI is InChI=1S/C16H15F3N2O/c17-16(18,19)13-6-2-1-5-12(13)11-8-10(4-3-7-22)15(21)14(20)9-11/h1-6,8-9,22H,7,20-21H2. The summed E-state index contributed by atoms with van der Waals surface area (Å²) in [6.45, 7) is -0.206. The number of hydrogen-bond acceptors (Lipinski definition) is 3. The summed E-state index contributed by atoms with van der Waals surface area (Å²) in [5, 5.41) is 8.82. The molecule has 3 nitrogen and oxygen atoms in total. The van der Waals surface area contributed by atoms with E-state index < -0.39 is 11.7 Å². The quantitative estimate of drug-likeness (QED) is 0.759. The first-order valence-corrected chi connectivity index (χ1v) is 6.47. The van der Waals surface area contributed by atoms with Crippen LogP contribution in [0.2, 0.25) is 0 Å². The summed E-state index contributed by atoms with van der Waals surface area (Å²) >= 11 is 0. The largest absolute Gasteiger partial charge is 0.417 e. The maximum Gasteiger partial charge on any atom is 0.417 e.